The van der Waals surface area contributed by atoms with Gasteiger partial charge in [0.2, 0.25) is 0 Å². The molecule has 3 aromatic carbocycles. The molecule has 16 heteroatoms. The number of hydrogen-bond acceptors (Lipinski definition) is 8. The number of primary amides is 1. The molecule has 0 saturated carbocycles. The van der Waals surface area contributed by atoms with E-state index in [-0.39, 0.29) is 0 Å². The van der Waals surface area contributed by atoms with E-state index in [1.165, 1.54) is 12.3 Å². The molecule has 2 amide bonds. The van der Waals surface area contributed by atoms with Gasteiger partial charge in [0.1, 0.15) is 17.3 Å². The highest BCUT2D eigenvalue weighted by Gasteiger charge is 2.58. The number of rotatable bonds is 12. The first-order valence-corrected chi connectivity index (χ1v) is 17.1. The Morgan fingerprint density at radius 3 is 2.06 bits per heavy atom. The van der Waals surface area contributed by atoms with Crippen molar-refractivity contribution in [1.82, 2.24) is 30.5 Å². The van der Waals surface area contributed by atoms with Crippen molar-refractivity contribution in [1.29, 1.82) is 0 Å². The van der Waals surface area contributed by atoms with Gasteiger partial charge in [-0.25, -0.2) is 23.5 Å². The number of pyridine rings is 1. The van der Waals surface area contributed by atoms with Crippen LogP contribution in [-0.2, 0) is 17.9 Å². The lowest BCUT2D eigenvalue weighted by atomic mass is 9.83. The second kappa shape index (κ2) is 15.1. The van der Waals surface area contributed by atoms with E-state index in [4.69, 9.17) is 5.73 Å². The van der Waals surface area contributed by atoms with Crippen molar-refractivity contribution < 1.29 is 27.5 Å². The number of halogens is 4. The molecule has 278 valence electrons. The first-order chi connectivity index (χ1) is 25.3. The van der Waals surface area contributed by atoms with Crippen molar-refractivity contribution >= 4 is 17.4 Å². The third-order valence-electron chi connectivity index (χ3n) is 9.87. The number of carbonyl (C=O) groups excluding carboxylic acids is 1. The molecule has 0 spiro atoms. The molecule has 53 heavy (non-hydrogen) atoms. The van der Waals surface area contributed by atoms with Crippen LogP contribution in [0.1, 0.15) is 37.1 Å². The zero-order valence-corrected chi connectivity index (χ0v) is 29.0. The van der Waals surface area contributed by atoms with E-state index in [1.807, 2.05) is 60.6 Å². The van der Waals surface area contributed by atoms with Gasteiger partial charge < -0.3 is 26.0 Å². The van der Waals surface area contributed by atoms with Crippen LogP contribution in [0.4, 0.5) is 33.7 Å². The number of aromatic amines is 1. The Balaban J connectivity index is 1.10. The lowest BCUT2D eigenvalue weighted by molar-refractivity contribution is -0.104. The van der Waals surface area contributed by atoms with Crippen LogP contribution >= 0.6 is 0 Å². The number of nitrogens with one attached hydrogen (secondary N) is 2. The predicted molar refractivity (Wildman–Crippen MR) is 191 cm³/mol. The van der Waals surface area contributed by atoms with E-state index in [0.29, 0.717) is 29.2 Å². The highest BCUT2D eigenvalue weighted by molar-refractivity contribution is 5.72. The summed E-state index contributed by atoms with van der Waals surface area (Å²) in [5.74, 6) is -6.27. The molecule has 0 unspecified atom stereocenters. The molecule has 5 N–H and O–H groups in total. The van der Waals surface area contributed by atoms with Crippen molar-refractivity contribution in [3.8, 4) is 11.1 Å². The van der Waals surface area contributed by atoms with Gasteiger partial charge in [0.25, 0.3) is 0 Å². The molecule has 5 aromatic rings. The maximum atomic E-state index is 16.4. The fourth-order valence-electron chi connectivity index (χ4n) is 6.76. The minimum absolute atomic E-state index is 0.331. The Bertz CT molecular complexity index is 2080. The highest BCUT2D eigenvalue weighted by Crippen LogP contribution is 2.47. The third kappa shape index (κ3) is 7.44. The fourth-order valence-corrected chi connectivity index (χ4v) is 6.76. The van der Waals surface area contributed by atoms with E-state index in [2.05, 4.69) is 30.5 Å². The number of aliphatic hydroxyl groups excluding tert-OH is 1. The molecule has 1 fully saturated rings. The molecule has 1 aliphatic rings. The standard InChI is InChI=1S/C37H39F4N9O3/c1-3-31(44-34(42)52)32(51)20-23-4-10-27(11-5-23)48-16-18-49(19-17-48)28-12-6-24(7-13-28)25-8-15-33(43-22-25)37(40,41)36(2,50-35(53)45-46-47-50)29-14-9-26(38)21-30(29)39/h4-15,21-22,31-32,51H,3,16-20H2,1-2H3,(H3,42,44,52)(H,45,47,53)/t31-,32-,36+/m0/s1. The lowest BCUT2D eigenvalue weighted by Gasteiger charge is -2.37. The Morgan fingerprint density at radius 2 is 1.55 bits per heavy atom. The summed E-state index contributed by atoms with van der Waals surface area (Å²) in [5, 5.41) is 21.9. The number of aliphatic hydroxyl groups is 1. The number of hydrogen-bond donors (Lipinski definition) is 4. The van der Waals surface area contributed by atoms with Gasteiger partial charge in [-0.15, -0.1) is 0 Å². The Morgan fingerprint density at radius 1 is 0.943 bits per heavy atom. The van der Waals surface area contributed by atoms with Crippen LogP contribution in [0.3, 0.4) is 0 Å². The SMILES string of the molecule is CC[C@H](NC(N)=O)[C@@H](O)Cc1ccc(N2CCN(c3ccc(-c4ccc(C(F)(F)[C@@](C)(c5ccc(F)cc5F)n5nn[nH]c5=O)nc4)cc3)CC2)cc1. The summed E-state index contributed by atoms with van der Waals surface area (Å²) in [6, 6.07) is 19.3. The van der Waals surface area contributed by atoms with Gasteiger partial charge in [0.15, 0.2) is 5.54 Å². The van der Waals surface area contributed by atoms with Crippen LogP contribution in [0.15, 0.2) is 89.9 Å². The number of carbonyl (C=O) groups is 1. The van der Waals surface area contributed by atoms with Crippen molar-refractivity contribution in [2.24, 2.45) is 5.73 Å². The molecule has 1 aliphatic heterocycles. The van der Waals surface area contributed by atoms with E-state index >= 15 is 8.78 Å². The third-order valence-corrected chi connectivity index (χ3v) is 9.87. The summed E-state index contributed by atoms with van der Waals surface area (Å²) in [6.45, 7) is 5.89. The number of nitrogens with two attached hydrogens (primary N) is 1. The van der Waals surface area contributed by atoms with Gasteiger partial charge >= 0.3 is 17.6 Å². The topological polar surface area (TPSA) is 158 Å². The number of amides is 2. The van der Waals surface area contributed by atoms with Crippen LogP contribution in [0.2, 0.25) is 0 Å². The van der Waals surface area contributed by atoms with Crippen molar-refractivity contribution in [2.45, 2.75) is 50.3 Å². The molecule has 3 heterocycles. The van der Waals surface area contributed by atoms with E-state index in [1.54, 1.807) is 0 Å². The summed E-state index contributed by atoms with van der Waals surface area (Å²) >= 11 is 0. The Hall–Kier alpha value is -5.77. The average Bonchev–Trinajstić information content (AvgIpc) is 3.60. The predicted octanol–water partition coefficient (Wildman–Crippen LogP) is 4.54. The van der Waals surface area contributed by atoms with Gasteiger partial charge in [-0.05, 0) is 71.3 Å². The molecular weight excluding hydrogens is 694 g/mol. The number of nitrogens with zero attached hydrogens (tertiary/aromatic N) is 6. The number of H-pyrrole nitrogens is 1. The van der Waals surface area contributed by atoms with Gasteiger partial charge in [-0.2, -0.15) is 13.5 Å². The zero-order valence-electron chi connectivity index (χ0n) is 29.0. The summed E-state index contributed by atoms with van der Waals surface area (Å²) in [6.07, 6.45) is 1.47. The Kier molecular flexibility index (Phi) is 10.5. The van der Waals surface area contributed by atoms with Gasteiger partial charge in [-0.3, -0.25) is 4.98 Å². The second-order valence-corrected chi connectivity index (χ2v) is 13.1. The quantitative estimate of drug-likeness (QED) is 0.136. The number of piperazine rings is 1. The summed E-state index contributed by atoms with van der Waals surface area (Å²) in [4.78, 5) is 32.2. The van der Waals surface area contributed by atoms with E-state index in [9.17, 15) is 23.5 Å². The molecule has 6 rings (SSSR count). The normalized spacial score (nSPS) is 15.8. The van der Waals surface area contributed by atoms with Gasteiger partial charge in [0.05, 0.1) is 12.1 Å². The van der Waals surface area contributed by atoms with Gasteiger partial charge in [-0.1, -0.05) is 43.3 Å². The molecule has 1 saturated heterocycles. The van der Waals surface area contributed by atoms with Crippen molar-refractivity contribution in [3.05, 3.63) is 124 Å². The number of aromatic nitrogens is 5. The van der Waals surface area contributed by atoms with Gasteiger partial charge in [0, 0.05) is 67.4 Å². The second-order valence-electron chi connectivity index (χ2n) is 13.1. The fraction of sp³-hybridized carbons (Fsp3) is 0.324. The molecular formula is C37H39F4N9O3. The number of urea groups is 1. The van der Waals surface area contributed by atoms with E-state index in [0.717, 1.165) is 73.8 Å². The van der Waals surface area contributed by atoms with Crippen molar-refractivity contribution in [3.63, 3.8) is 0 Å². The van der Waals surface area contributed by atoms with Crippen LogP contribution in [-0.4, -0.2) is 74.7 Å². The van der Waals surface area contributed by atoms with Crippen molar-refractivity contribution in [2.75, 3.05) is 36.0 Å². The average molecular weight is 734 g/mol. The number of anilines is 2. The summed E-state index contributed by atoms with van der Waals surface area (Å²) in [7, 11) is 0. The smallest absolute Gasteiger partial charge is 0.362 e. The highest BCUT2D eigenvalue weighted by atomic mass is 19.3. The largest absolute Gasteiger partial charge is 0.391 e. The number of benzene rings is 3. The molecule has 0 radical (unpaired) electrons. The van der Waals surface area contributed by atoms with Crippen LogP contribution in [0, 0.1) is 11.6 Å². The van der Waals surface area contributed by atoms with Crippen LogP contribution in [0.25, 0.3) is 11.1 Å². The van der Waals surface area contributed by atoms with E-state index < -0.39 is 58.2 Å². The molecule has 3 atom stereocenters. The number of tetrazole rings is 1. The first kappa shape index (κ1) is 37.0. The minimum Gasteiger partial charge on any atom is -0.391 e. The number of alkyl halides is 2. The Labute approximate surface area is 302 Å². The molecule has 0 bridgehead atoms. The lowest BCUT2D eigenvalue weighted by Crippen LogP contribution is -2.52. The molecule has 12 nitrogen and oxygen atoms in total. The van der Waals surface area contributed by atoms with Crippen LogP contribution < -0.4 is 26.5 Å². The summed E-state index contributed by atoms with van der Waals surface area (Å²) in [5.41, 5.74) is 4.23. The zero-order chi connectivity index (χ0) is 37.9. The molecule has 0 aliphatic carbocycles. The molecule has 2 aromatic heterocycles. The maximum Gasteiger partial charge on any atom is 0.362 e. The first-order valence-electron chi connectivity index (χ1n) is 17.1. The summed E-state index contributed by atoms with van der Waals surface area (Å²) < 4.78 is 61.8. The minimum atomic E-state index is -4.01. The van der Waals surface area contributed by atoms with Crippen LogP contribution in [0.5, 0.6) is 0 Å². The maximum absolute atomic E-state index is 16.4. The monoisotopic (exact) mass is 733 g/mol.